The second-order valence-electron chi connectivity index (χ2n) is 4.08. The fourth-order valence-corrected chi connectivity index (χ4v) is 1.39. The molecule has 4 heteroatoms. The molecule has 1 rings (SSSR count). The second-order valence-corrected chi connectivity index (χ2v) is 4.08. The molecule has 0 aromatic heterocycles. The molecule has 1 aliphatic rings. The summed E-state index contributed by atoms with van der Waals surface area (Å²) in [5.41, 5.74) is 0.274. The van der Waals surface area contributed by atoms with E-state index in [1.165, 1.54) is 13.0 Å². The van der Waals surface area contributed by atoms with Crippen molar-refractivity contribution >= 4 is 24.8 Å². The number of rotatable bonds is 1. The summed E-state index contributed by atoms with van der Waals surface area (Å²) >= 11 is 0. The Morgan fingerprint density at radius 3 is 2.17 bits per heavy atom. The van der Waals surface area contributed by atoms with E-state index in [1.807, 2.05) is 0 Å². The Kier molecular flexibility index (Phi) is 7.54. The topological polar surface area (TPSA) is 24.1 Å². The molecule has 0 radical (unpaired) electrons. The summed E-state index contributed by atoms with van der Waals surface area (Å²) in [5, 5.41) is 6.89. The summed E-state index contributed by atoms with van der Waals surface area (Å²) in [7, 11) is 0. The van der Waals surface area contributed by atoms with Gasteiger partial charge in [-0.1, -0.05) is 0 Å². The molecule has 1 fully saturated rings. The molecule has 0 aliphatic carbocycles. The van der Waals surface area contributed by atoms with Gasteiger partial charge in [-0.25, -0.2) is 0 Å². The molecule has 1 heterocycles. The minimum Gasteiger partial charge on any atom is -0.315 e. The van der Waals surface area contributed by atoms with E-state index < -0.39 is 0 Å². The molecule has 76 valence electrons. The van der Waals surface area contributed by atoms with Crippen molar-refractivity contribution in [2.75, 3.05) is 13.1 Å². The zero-order chi connectivity index (χ0) is 7.61. The monoisotopic (exact) mass is 214 g/mol. The highest BCUT2D eigenvalue weighted by Crippen LogP contribution is 2.05. The van der Waals surface area contributed by atoms with Gasteiger partial charge in [-0.2, -0.15) is 0 Å². The normalized spacial score (nSPS) is 22.8. The van der Waals surface area contributed by atoms with Gasteiger partial charge in [0, 0.05) is 18.1 Å². The van der Waals surface area contributed by atoms with Crippen LogP contribution < -0.4 is 10.6 Å². The lowest BCUT2D eigenvalue weighted by molar-refractivity contribution is 0.371. The van der Waals surface area contributed by atoms with Crippen molar-refractivity contribution < 1.29 is 0 Å². The van der Waals surface area contributed by atoms with E-state index in [2.05, 4.69) is 31.4 Å². The van der Waals surface area contributed by atoms with Crippen LogP contribution in [0.5, 0.6) is 0 Å². The molecule has 0 bridgehead atoms. The minimum absolute atomic E-state index is 0. The van der Waals surface area contributed by atoms with E-state index in [4.69, 9.17) is 0 Å². The third-order valence-corrected chi connectivity index (χ3v) is 1.70. The third kappa shape index (κ3) is 6.06. The van der Waals surface area contributed by atoms with Crippen molar-refractivity contribution in [3.63, 3.8) is 0 Å². The standard InChI is InChI=1S/C8H18N2.2ClH/c1-8(2,3)10-7-4-5-9-6-7;;/h7,9-10H,4-6H2,1-3H3;2*1H/t7-;;/m1../s1. The highest BCUT2D eigenvalue weighted by Gasteiger charge is 2.19. The Morgan fingerprint density at radius 2 is 1.83 bits per heavy atom. The summed E-state index contributed by atoms with van der Waals surface area (Å²) in [4.78, 5) is 0. The van der Waals surface area contributed by atoms with E-state index in [0.717, 1.165) is 6.54 Å². The number of hydrogen-bond acceptors (Lipinski definition) is 2. The van der Waals surface area contributed by atoms with Crippen LogP contribution in [0.15, 0.2) is 0 Å². The van der Waals surface area contributed by atoms with Crippen molar-refractivity contribution in [3.8, 4) is 0 Å². The van der Waals surface area contributed by atoms with E-state index >= 15 is 0 Å². The van der Waals surface area contributed by atoms with Crippen LogP contribution in [0.25, 0.3) is 0 Å². The average molecular weight is 215 g/mol. The molecule has 1 saturated heterocycles. The highest BCUT2D eigenvalue weighted by atomic mass is 35.5. The third-order valence-electron chi connectivity index (χ3n) is 1.70. The van der Waals surface area contributed by atoms with Crippen LogP contribution in [0.3, 0.4) is 0 Å². The highest BCUT2D eigenvalue weighted by molar-refractivity contribution is 5.85. The summed E-state index contributed by atoms with van der Waals surface area (Å²) < 4.78 is 0. The maximum absolute atomic E-state index is 3.56. The molecule has 0 aromatic rings. The van der Waals surface area contributed by atoms with Gasteiger partial charge in [0.15, 0.2) is 0 Å². The number of halogens is 2. The maximum Gasteiger partial charge on any atom is 0.0209 e. The lowest BCUT2D eigenvalue weighted by Crippen LogP contribution is -2.44. The Balaban J connectivity index is 0. The Hall–Kier alpha value is 0.500. The minimum atomic E-state index is 0. The molecular weight excluding hydrogens is 195 g/mol. The molecule has 1 atom stereocenters. The first-order valence-electron chi connectivity index (χ1n) is 4.06. The molecule has 2 N–H and O–H groups in total. The summed E-state index contributed by atoms with van der Waals surface area (Å²) in [6.45, 7) is 8.95. The molecule has 1 aliphatic heterocycles. The molecule has 0 unspecified atom stereocenters. The van der Waals surface area contributed by atoms with Crippen molar-refractivity contribution in [1.82, 2.24) is 10.6 Å². The van der Waals surface area contributed by atoms with Crippen molar-refractivity contribution in [1.29, 1.82) is 0 Å². The largest absolute Gasteiger partial charge is 0.315 e. The van der Waals surface area contributed by atoms with Gasteiger partial charge >= 0.3 is 0 Å². The zero-order valence-corrected chi connectivity index (χ0v) is 9.65. The summed E-state index contributed by atoms with van der Waals surface area (Å²) in [5.74, 6) is 0. The zero-order valence-electron chi connectivity index (χ0n) is 8.02. The molecule has 2 nitrogen and oxygen atoms in total. The molecule has 0 spiro atoms. The predicted molar refractivity (Wildman–Crippen MR) is 58.7 cm³/mol. The summed E-state index contributed by atoms with van der Waals surface area (Å²) in [6, 6.07) is 0.694. The first-order chi connectivity index (χ1) is 4.58. The number of nitrogens with one attached hydrogen (secondary N) is 2. The quantitative estimate of drug-likeness (QED) is 0.694. The second kappa shape index (κ2) is 6.03. The van der Waals surface area contributed by atoms with Gasteiger partial charge in [-0.15, -0.1) is 24.8 Å². The maximum atomic E-state index is 3.56. The first kappa shape index (κ1) is 15.0. The average Bonchev–Trinajstić information content (AvgIpc) is 2.12. The van der Waals surface area contributed by atoms with Crippen LogP contribution in [-0.2, 0) is 0 Å². The Labute approximate surface area is 87.7 Å². The molecule has 12 heavy (non-hydrogen) atoms. The lowest BCUT2D eigenvalue weighted by Gasteiger charge is -2.25. The SMILES string of the molecule is CC(C)(C)N[C@@H]1CCNC1.Cl.Cl. The van der Waals surface area contributed by atoms with Gasteiger partial charge in [-0.05, 0) is 33.7 Å². The van der Waals surface area contributed by atoms with Gasteiger partial charge in [0.2, 0.25) is 0 Å². The van der Waals surface area contributed by atoms with Crippen molar-refractivity contribution in [2.45, 2.75) is 38.8 Å². The Bertz CT molecular complexity index is 106. The Morgan fingerprint density at radius 1 is 1.25 bits per heavy atom. The fraction of sp³-hybridized carbons (Fsp3) is 1.00. The molecule has 0 amide bonds. The van der Waals surface area contributed by atoms with Gasteiger partial charge in [0.1, 0.15) is 0 Å². The van der Waals surface area contributed by atoms with Crippen LogP contribution in [-0.4, -0.2) is 24.7 Å². The molecule has 0 saturated carbocycles. The van der Waals surface area contributed by atoms with E-state index in [1.54, 1.807) is 0 Å². The van der Waals surface area contributed by atoms with Gasteiger partial charge in [0.05, 0.1) is 0 Å². The van der Waals surface area contributed by atoms with Crippen LogP contribution in [0.1, 0.15) is 27.2 Å². The molecular formula is C8H20Cl2N2. The van der Waals surface area contributed by atoms with Crippen LogP contribution in [0.2, 0.25) is 0 Å². The van der Waals surface area contributed by atoms with Crippen LogP contribution in [0.4, 0.5) is 0 Å². The lowest BCUT2D eigenvalue weighted by atomic mass is 10.1. The predicted octanol–water partition coefficient (Wildman–Crippen LogP) is 1.58. The van der Waals surface area contributed by atoms with E-state index in [-0.39, 0.29) is 30.4 Å². The van der Waals surface area contributed by atoms with Gasteiger partial charge < -0.3 is 10.6 Å². The van der Waals surface area contributed by atoms with Crippen molar-refractivity contribution in [2.24, 2.45) is 0 Å². The van der Waals surface area contributed by atoms with Gasteiger partial charge in [0.25, 0.3) is 0 Å². The van der Waals surface area contributed by atoms with E-state index in [0.29, 0.717) is 6.04 Å². The van der Waals surface area contributed by atoms with Crippen molar-refractivity contribution in [3.05, 3.63) is 0 Å². The van der Waals surface area contributed by atoms with Crippen LogP contribution >= 0.6 is 24.8 Å². The smallest absolute Gasteiger partial charge is 0.0209 e. The van der Waals surface area contributed by atoms with Crippen LogP contribution in [0, 0.1) is 0 Å². The number of hydrogen-bond donors (Lipinski definition) is 2. The molecule has 0 aromatic carbocycles. The first-order valence-corrected chi connectivity index (χ1v) is 4.06. The van der Waals surface area contributed by atoms with Gasteiger partial charge in [-0.3, -0.25) is 0 Å². The summed E-state index contributed by atoms with van der Waals surface area (Å²) in [6.07, 6.45) is 1.28. The fourth-order valence-electron chi connectivity index (χ4n) is 1.39. The van der Waals surface area contributed by atoms with E-state index in [9.17, 15) is 0 Å².